The molecule has 0 saturated carbocycles. The SMILES string of the molecule is CC.CC.CC.CC.CC(=O)[C@H](Br)CC[C@H](Br)C(C)=O.CC(=O)[C@H]1CC[C@H]2C(=O)NCCN12.CN1CCN2[C@@H](CO)CC[C@H]2C1.NCCN.OC[C@H]1CC[C@H]2CNCCN12. The zero-order valence-electron chi connectivity index (χ0n) is 40.0. The minimum atomic E-state index is -0.114. The second-order valence-electron chi connectivity index (χ2n) is 14.6. The monoisotopic (exact) mass is 987 g/mol. The number of nitrogens with two attached hydrogens (primary N) is 2. The Bertz CT molecular complexity index is 1070. The second kappa shape index (κ2) is 39.7. The number of alkyl halides is 2. The van der Waals surface area contributed by atoms with Crippen molar-refractivity contribution in [3.05, 3.63) is 0 Å². The van der Waals surface area contributed by atoms with Gasteiger partial charge >= 0.3 is 0 Å². The molecule has 60 heavy (non-hydrogen) atoms. The van der Waals surface area contributed by atoms with Gasteiger partial charge in [0.15, 0.2) is 0 Å². The Balaban J connectivity index is -0.000000664. The lowest BCUT2D eigenvalue weighted by Crippen LogP contribution is -2.55. The van der Waals surface area contributed by atoms with Crippen LogP contribution >= 0.6 is 31.9 Å². The molecule has 0 unspecified atom stereocenters. The van der Waals surface area contributed by atoms with Gasteiger partial charge in [0, 0.05) is 89.6 Å². The lowest BCUT2D eigenvalue weighted by Gasteiger charge is -2.37. The zero-order valence-corrected chi connectivity index (χ0v) is 43.2. The van der Waals surface area contributed by atoms with Gasteiger partial charge in [0.05, 0.1) is 35.0 Å². The van der Waals surface area contributed by atoms with Gasteiger partial charge < -0.3 is 37.2 Å². The van der Waals surface area contributed by atoms with Gasteiger partial charge in [-0.25, -0.2) is 0 Å². The maximum Gasteiger partial charge on any atom is 0.237 e. The summed E-state index contributed by atoms with van der Waals surface area (Å²) >= 11 is 6.48. The Hall–Kier alpha value is -0.920. The van der Waals surface area contributed by atoms with Crippen LogP contribution < -0.4 is 22.1 Å². The molecule has 0 bridgehead atoms. The molecule has 0 aliphatic carbocycles. The van der Waals surface area contributed by atoms with Gasteiger partial charge in [-0.2, -0.15) is 0 Å². The van der Waals surface area contributed by atoms with E-state index in [-0.39, 0.29) is 45.0 Å². The summed E-state index contributed by atoms with van der Waals surface area (Å²) in [6, 6.07) is 2.31. The summed E-state index contributed by atoms with van der Waals surface area (Å²) in [6.45, 7) is 30.9. The van der Waals surface area contributed by atoms with Gasteiger partial charge in [-0.15, -0.1) is 0 Å². The number of piperazine rings is 3. The summed E-state index contributed by atoms with van der Waals surface area (Å²) in [5, 5.41) is 24.4. The fourth-order valence-electron chi connectivity index (χ4n) is 7.80. The predicted molar refractivity (Wildman–Crippen MR) is 258 cm³/mol. The van der Waals surface area contributed by atoms with Gasteiger partial charge in [-0.3, -0.25) is 33.9 Å². The number of nitrogens with zero attached hydrogens (tertiary/aromatic N) is 4. The second-order valence-corrected chi connectivity index (χ2v) is 16.8. The van der Waals surface area contributed by atoms with Gasteiger partial charge in [-0.05, 0) is 79.2 Å². The van der Waals surface area contributed by atoms with Crippen molar-refractivity contribution in [3.63, 3.8) is 0 Å². The molecule has 6 aliphatic heterocycles. The molecular formula is C44H92Br2N8O6. The first kappa shape index (κ1) is 63.4. The first-order valence-electron chi connectivity index (χ1n) is 23.1. The zero-order chi connectivity index (χ0) is 46.8. The van der Waals surface area contributed by atoms with E-state index in [1.54, 1.807) is 6.92 Å². The van der Waals surface area contributed by atoms with Crippen molar-refractivity contribution in [1.29, 1.82) is 0 Å². The maximum absolute atomic E-state index is 11.4. The van der Waals surface area contributed by atoms with E-state index < -0.39 is 0 Å². The Kier molecular flexibility index (Phi) is 41.9. The Morgan fingerprint density at radius 1 is 0.683 bits per heavy atom. The molecule has 0 radical (unpaired) electrons. The molecule has 6 aliphatic rings. The quantitative estimate of drug-likeness (QED) is 0.180. The first-order chi connectivity index (χ1) is 28.8. The van der Waals surface area contributed by atoms with E-state index in [4.69, 9.17) is 21.7 Å². The van der Waals surface area contributed by atoms with Crippen molar-refractivity contribution in [2.45, 2.75) is 173 Å². The number of likely N-dealkylation sites (N-methyl/N-ethyl adjacent to an activating group) is 1. The van der Waals surface area contributed by atoms with Crippen molar-refractivity contribution >= 4 is 55.1 Å². The number of hydrogen-bond donors (Lipinski definition) is 6. The molecule has 6 fully saturated rings. The van der Waals surface area contributed by atoms with Crippen LogP contribution in [0.2, 0.25) is 0 Å². The average Bonchev–Trinajstić information content (AvgIpc) is 4.03. The molecule has 0 spiro atoms. The van der Waals surface area contributed by atoms with Gasteiger partial charge in [0.1, 0.15) is 17.3 Å². The molecule has 8 atom stereocenters. The summed E-state index contributed by atoms with van der Waals surface area (Å²) in [4.78, 5) is 53.3. The number of fused-ring (bicyclic) bond motifs is 3. The molecule has 358 valence electrons. The molecule has 6 heterocycles. The summed E-state index contributed by atoms with van der Waals surface area (Å²) in [7, 11) is 2.18. The number of ketones is 3. The van der Waals surface area contributed by atoms with E-state index in [0.717, 1.165) is 58.2 Å². The van der Waals surface area contributed by atoms with Crippen LogP contribution in [0.25, 0.3) is 0 Å². The van der Waals surface area contributed by atoms with E-state index in [2.05, 4.69) is 64.2 Å². The number of rotatable bonds is 9. The first-order valence-corrected chi connectivity index (χ1v) is 25.0. The number of hydrogen-bond acceptors (Lipinski definition) is 13. The average molecular weight is 989 g/mol. The standard InChI is InChI=1S/C9H14N2O2.C9H18N2O.C8H12Br2O2.C8H16N2O.C2H8N2.4C2H6/c1-6(12)7-2-3-8-9(13)10-4-5-11(7)8;1-10-4-5-11-8(6-10)2-3-9(11)7-12;1-5(11)7(9)3-4-8(10)6(2)12;11-6-8-2-1-7-5-9-3-4-10(7)8;3-1-2-4;4*1-2/h7-8H,2-5H2,1H3,(H,10,13);8-9,12H,2-7H2,1H3;7-8H,3-4H2,1-2H3;7-9,11H,1-6H2;1-4H2;4*1-2H3/t7-,8+;8-,9+;2*7-,8+;;;;;/m10.0...../s1. The number of aliphatic hydroxyl groups is 2. The van der Waals surface area contributed by atoms with Crippen LogP contribution in [0, 0.1) is 0 Å². The molecule has 6 rings (SSSR count). The van der Waals surface area contributed by atoms with Crippen LogP contribution in [0.1, 0.15) is 128 Å². The van der Waals surface area contributed by atoms with Gasteiger partial charge in [0.25, 0.3) is 0 Å². The van der Waals surface area contributed by atoms with Crippen molar-refractivity contribution in [3.8, 4) is 0 Å². The predicted octanol–water partition coefficient (Wildman–Crippen LogP) is 4.19. The lowest BCUT2D eigenvalue weighted by atomic mass is 10.1. The molecule has 8 N–H and O–H groups in total. The van der Waals surface area contributed by atoms with E-state index in [0.29, 0.717) is 63.8 Å². The van der Waals surface area contributed by atoms with Crippen LogP contribution in [0.4, 0.5) is 0 Å². The normalized spacial score (nSPS) is 26.2. The molecule has 0 aromatic heterocycles. The van der Waals surface area contributed by atoms with Crippen molar-refractivity contribution in [2.75, 3.05) is 85.7 Å². The van der Waals surface area contributed by atoms with Crippen LogP contribution in [0.3, 0.4) is 0 Å². The molecule has 16 heteroatoms. The number of carbonyl (C=O) groups excluding carboxylic acids is 4. The number of carbonyl (C=O) groups is 4. The van der Waals surface area contributed by atoms with Gasteiger partial charge in [-0.1, -0.05) is 87.2 Å². The third-order valence-electron chi connectivity index (χ3n) is 10.8. The highest BCUT2D eigenvalue weighted by Gasteiger charge is 2.41. The number of halogens is 2. The van der Waals surface area contributed by atoms with Crippen LogP contribution in [-0.4, -0.2) is 185 Å². The molecule has 14 nitrogen and oxygen atoms in total. The molecule has 0 aromatic rings. The topological polar surface area (TPSA) is 198 Å². The molecule has 0 aromatic carbocycles. The van der Waals surface area contributed by atoms with Crippen molar-refractivity contribution in [1.82, 2.24) is 30.2 Å². The fraction of sp³-hybridized carbons (Fsp3) is 0.909. The Morgan fingerprint density at radius 3 is 1.60 bits per heavy atom. The van der Waals surface area contributed by atoms with Crippen LogP contribution in [0.15, 0.2) is 0 Å². The summed E-state index contributed by atoms with van der Waals surface area (Å²) in [6.07, 6.45) is 7.98. The Morgan fingerprint density at radius 2 is 1.15 bits per heavy atom. The highest BCUT2D eigenvalue weighted by molar-refractivity contribution is 9.10. The number of nitrogens with one attached hydrogen (secondary N) is 2. The number of aliphatic hydroxyl groups excluding tert-OH is 2. The largest absolute Gasteiger partial charge is 0.395 e. The van der Waals surface area contributed by atoms with Crippen molar-refractivity contribution < 1.29 is 29.4 Å². The number of Topliss-reactive ketones (excluding diaryl/α,β-unsaturated/α-hetero) is 3. The minimum Gasteiger partial charge on any atom is -0.395 e. The third kappa shape index (κ3) is 24.2. The summed E-state index contributed by atoms with van der Waals surface area (Å²) in [5.41, 5.74) is 9.81. The Labute approximate surface area is 383 Å². The number of amides is 1. The van der Waals surface area contributed by atoms with Crippen LogP contribution in [0.5, 0.6) is 0 Å². The molecule has 1 amide bonds. The van der Waals surface area contributed by atoms with Gasteiger partial charge in [0.2, 0.25) is 5.91 Å². The highest BCUT2D eigenvalue weighted by atomic mass is 79.9. The minimum absolute atomic E-state index is 0.00366. The maximum atomic E-state index is 11.4. The third-order valence-corrected chi connectivity index (χ3v) is 13.0. The van der Waals surface area contributed by atoms with Crippen LogP contribution in [-0.2, 0) is 19.2 Å². The fourth-order valence-corrected chi connectivity index (χ4v) is 8.33. The smallest absolute Gasteiger partial charge is 0.237 e. The summed E-state index contributed by atoms with van der Waals surface area (Å²) < 4.78 is 0. The van der Waals surface area contributed by atoms with Crippen molar-refractivity contribution in [2.24, 2.45) is 11.5 Å². The molecular weight excluding hydrogens is 896 g/mol. The van der Waals surface area contributed by atoms with E-state index in [9.17, 15) is 19.2 Å². The summed E-state index contributed by atoms with van der Waals surface area (Å²) in [5.74, 6) is 0.503. The highest BCUT2D eigenvalue weighted by Crippen LogP contribution is 2.27. The van der Waals surface area contributed by atoms with E-state index in [1.807, 2.05) is 60.3 Å². The van der Waals surface area contributed by atoms with E-state index >= 15 is 0 Å². The molecule has 6 saturated heterocycles. The lowest BCUT2D eigenvalue weighted by molar-refractivity contribution is -0.130. The van der Waals surface area contributed by atoms with E-state index in [1.165, 1.54) is 46.1 Å².